The first kappa shape index (κ1) is 16.1. The van der Waals surface area contributed by atoms with Gasteiger partial charge in [0.25, 0.3) is 5.91 Å². The zero-order chi connectivity index (χ0) is 17.3. The Kier molecular flexibility index (Phi) is 4.28. The number of rotatable bonds is 4. The van der Waals surface area contributed by atoms with Crippen molar-refractivity contribution in [3.05, 3.63) is 23.8 Å². The molecule has 2 aliphatic rings. The predicted molar refractivity (Wildman–Crippen MR) is 85.4 cm³/mol. The SMILES string of the molecule is COc1ccc(C(=O)N2CCCC2C(=O)O)cc1N1CCNC1=O. The van der Waals surface area contributed by atoms with Crippen LogP contribution in [0.3, 0.4) is 0 Å². The molecule has 0 aliphatic carbocycles. The number of carboxylic acids is 1. The van der Waals surface area contributed by atoms with Gasteiger partial charge in [-0.2, -0.15) is 0 Å². The Morgan fingerprint density at radius 2 is 2.12 bits per heavy atom. The lowest BCUT2D eigenvalue weighted by atomic mass is 10.1. The van der Waals surface area contributed by atoms with Crippen molar-refractivity contribution in [3.8, 4) is 5.75 Å². The number of ether oxygens (including phenoxy) is 1. The van der Waals surface area contributed by atoms with Gasteiger partial charge in [-0.25, -0.2) is 9.59 Å². The quantitative estimate of drug-likeness (QED) is 0.853. The Bertz CT molecular complexity index is 690. The van der Waals surface area contributed by atoms with Crippen LogP contribution in [0.2, 0.25) is 0 Å². The molecular weight excluding hydrogens is 314 g/mol. The second-order valence-corrected chi connectivity index (χ2v) is 5.77. The number of nitrogens with zero attached hydrogens (tertiary/aromatic N) is 2. The minimum absolute atomic E-state index is 0.248. The number of amides is 3. The molecule has 1 aromatic carbocycles. The van der Waals surface area contributed by atoms with E-state index in [0.717, 1.165) is 0 Å². The molecule has 3 rings (SSSR count). The van der Waals surface area contributed by atoms with Crippen LogP contribution in [0.5, 0.6) is 5.75 Å². The second-order valence-electron chi connectivity index (χ2n) is 5.77. The topological polar surface area (TPSA) is 99.2 Å². The van der Waals surface area contributed by atoms with Crippen molar-refractivity contribution in [2.24, 2.45) is 0 Å². The third kappa shape index (κ3) is 2.75. The van der Waals surface area contributed by atoms with Crippen molar-refractivity contribution in [2.45, 2.75) is 18.9 Å². The summed E-state index contributed by atoms with van der Waals surface area (Å²) in [6.45, 7) is 1.42. The fourth-order valence-electron chi connectivity index (χ4n) is 3.17. The van der Waals surface area contributed by atoms with E-state index in [9.17, 15) is 19.5 Å². The van der Waals surface area contributed by atoms with E-state index in [-0.39, 0.29) is 11.9 Å². The van der Waals surface area contributed by atoms with Crippen LogP contribution >= 0.6 is 0 Å². The summed E-state index contributed by atoms with van der Waals surface area (Å²) in [6.07, 6.45) is 1.12. The smallest absolute Gasteiger partial charge is 0.326 e. The van der Waals surface area contributed by atoms with Crippen molar-refractivity contribution in [1.29, 1.82) is 0 Å². The molecule has 2 saturated heterocycles. The molecule has 3 amide bonds. The summed E-state index contributed by atoms with van der Waals surface area (Å²) >= 11 is 0. The van der Waals surface area contributed by atoms with E-state index in [1.165, 1.54) is 16.9 Å². The molecule has 2 heterocycles. The van der Waals surface area contributed by atoms with E-state index < -0.39 is 12.0 Å². The van der Waals surface area contributed by atoms with Gasteiger partial charge in [-0.1, -0.05) is 0 Å². The summed E-state index contributed by atoms with van der Waals surface area (Å²) in [6, 6.07) is 3.76. The monoisotopic (exact) mass is 333 g/mol. The van der Waals surface area contributed by atoms with Crippen LogP contribution in [0.4, 0.5) is 10.5 Å². The molecule has 1 atom stereocenters. The number of hydrogen-bond donors (Lipinski definition) is 2. The average molecular weight is 333 g/mol. The standard InChI is InChI=1S/C16H19N3O5/c1-24-13-5-4-10(9-12(13)19-8-6-17-16(19)23)14(20)18-7-2-3-11(18)15(21)22/h4-5,9,11H,2-3,6-8H2,1H3,(H,17,23)(H,21,22). The molecular formula is C16H19N3O5. The Morgan fingerprint density at radius 1 is 1.33 bits per heavy atom. The molecule has 2 aliphatic heterocycles. The van der Waals surface area contributed by atoms with Gasteiger partial charge in [0.2, 0.25) is 0 Å². The molecule has 0 aromatic heterocycles. The van der Waals surface area contributed by atoms with E-state index in [0.29, 0.717) is 49.5 Å². The summed E-state index contributed by atoms with van der Waals surface area (Å²) in [4.78, 5) is 38.8. The molecule has 2 fully saturated rings. The number of anilines is 1. The van der Waals surface area contributed by atoms with Gasteiger partial charge in [0, 0.05) is 25.2 Å². The van der Waals surface area contributed by atoms with Crippen molar-refractivity contribution in [2.75, 3.05) is 31.6 Å². The maximum absolute atomic E-state index is 12.7. The molecule has 0 radical (unpaired) electrons. The molecule has 24 heavy (non-hydrogen) atoms. The third-order valence-corrected chi connectivity index (χ3v) is 4.37. The lowest BCUT2D eigenvalue weighted by Crippen LogP contribution is -2.40. The number of nitrogens with one attached hydrogen (secondary N) is 1. The van der Waals surface area contributed by atoms with Gasteiger partial charge in [0.15, 0.2) is 0 Å². The Labute approximate surface area is 139 Å². The molecule has 8 nitrogen and oxygen atoms in total. The number of likely N-dealkylation sites (tertiary alicyclic amines) is 1. The van der Waals surface area contributed by atoms with Crippen LogP contribution in [-0.2, 0) is 4.79 Å². The Hall–Kier alpha value is -2.77. The minimum Gasteiger partial charge on any atom is -0.495 e. The van der Waals surface area contributed by atoms with Gasteiger partial charge in [0.1, 0.15) is 11.8 Å². The first-order valence-electron chi connectivity index (χ1n) is 7.80. The summed E-state index contributed by atoms with van der Waals surface area (Å²) in [5.74, 6) is -0.850. The number of carbonyl (C=O) groups is 3. The lowest BCUT2D eigenvalue weighted by molar-refractivity contribution is -0.141. The summed E-state index contributed by atoms with van der Waals surface area (Å²) in [7, 11) is 1.50. The zero-order valence-electron chi connectivity index (χ0n) is 13.3. The maximum atomic E-state index is 12.7. The fourth-order valence-corrected chi connectivity index (χ4v) is 3.17. The fraction of sp³-hybridized carbons (Fsp3) is 0.438. The van der Waals surface area contributed by atoms with Crippen molar-refractivity contribution >= 4 is 23.6 Å². The van der Waals surface area contributed by atoms with E-state index >= 15 is 0 Å². The van der Waals surface area contributed by atoms with Gasteiger partial charge < -0.3 is 20.1 Å². The average Bonchev–Trinajstić information content (AvgIpc) is 3.22. The van der Waals surface area contributed by atoms with Gasteiger partial charge in [-0.15, -0.1) is 0 Å². The second kappa shape index (κ2) is 6.38. The van der Waals surface area contributed by atoms with Crippen LogP contribution in [0.15, 0.2) is 18.2 Å². The van der Waals surface area contributed by atoms with E-state index in [4.69, 9.17) is 4.74 Å². The number of benzene rings is 1. The Balaban J connectivity index is 1.92. The van der Waals surface area contributed by atoms with Gasteiger partial charge in [-0.05, 0) is 31.0 Å². The van der Waals surface area contributed by atoms with Crippen LogP contribution in [0, 0.1) is 0 Å². The largest absolute Gasteiger partial charge is 0.495 e. The van der Waals surface area contributed by atoms with E-state index in [1.54, 1.807) is 18.2 Å². The summed E-state index contributed by atoms with van der Waals surface area (Å²) < 4.78 is 5.28. The highest BCUT2D eigenvalue weighted by Crippen LogP contribution is 2.31. The molecule has 128 valence electrons. The van der Waals surface area contributed by atoms with Crippen LogP contribution in [0.1, 0.15) is 23.2 Å². The highest BCUT2D eigenvalue weighted by molar-refractivity contribution is 6.01. The summed E-state index contributed by atoms with van der Waals surface area (Å²) in [5.41, 5.74) is 0.850. The first-order chi connectivity index (χ1) is 11.5. The first-order valence-corrected chi connectivity index (χ1v) is 7.80. The van der Waals surface area contributed by atoms with Crippen LogP contribution in [0.25, 0.3) is 0 Å². The van der Waals surface area contributed by atoms with Crippen LogP contribution in [-0.4, -0.2) is 60.7 Å². The molecule has 8 heteroatoms. The number of methoxy groups -OCH3 is 1. The molecule has 0 spiro atoms. The number of hydrogen-bond acceptors (Lipinski definition) is 4. The van der Waals surface area contributed by atoms with Crippen molar-refractivity contribution in [3.63, 3.8) is 0 Å². The van der Waals surface area contributed by atoms with E-state index in [1.807, 2.05) is 0 Å². The normalized spacial score (nSPS) is 20.2. The molecule has 1 unspecified atom stereocenters. The minimum atomic E-state index is -0.992. The van der Waals surface area contributed by atoms with Crippen molar-refractivity contribution in [1.82, 2.24) is 10.2 Å². The molecule has 0 saturated carbocycles. The number of carbonyl (C=O) groups excluding carboxylic acids is 2. The Morgan fingerprint density at radius 3 is 2.75 bits per heavy atom. The lowest BCUT2D eigenvalue weighted by Gasteiger charge is -2.23. The van der Waals surface area contributed by atoms with Gasteiger partial charge in [0.05, 0.1) is 12.8 Å². The molecule has 1 aromatic rings. The third-order valence-electron chi connectivity index (χ3n) is 4.37. The molecule has 0 bridgehead atoms. The number of aliphatic carboxylic acids is 1. The van der Waals surface area contributed by atoms with Crippen molar-refractivity contribution < 1.29 is 24.2 Å². The molecule has 2 N–H and O–H groups in total. The predicted octanol–water partition coefficient (Wildman–Crippen LogP) is 0.914. The number of carboxylic acid groups (broad SMARTS) is 1. The number of urea groups is 1. The summed E-state index contributed by atoms with van der Waals surface area (Å²) in [5, 5.41) is 12.0. The van der Waals surface area contributed by atoms with Crippen LogP contribution < -0.4 is 15.0 Å². The highest BCUT2D eigenvalue weighted by atomic mass is 16.5. The van der Waals surface area contributed by atoms with Gasteiger partial charge >= 0.3 is 12.0 Å². The van der Waals surface area contributed by atoms with Gasteiger partial charge in [-0.3, -0.25) is 9.69 Å². The van der Waals surface area contributed by atoms with E-state index in [2.05, 4.69) is 5.32 Å². The highest BCUT2D eigenvalue weighted by Gasteiger charge is 2.35. The zero-order valence-corrected chi connectivity index (χ0v) is 13.3. The maximum Gasteiger partial charge on any atom is 0.326 e.